The van der Waals surface area contributed by atoms with Crippen LogP contribution in [-0.2, 0) is 7.05 Å². The molecule has 0 aliphatic heterocycles. The lowest BCUT2D eigenvalue weighted by atomic mass is 10.2. The second-order valence-corrected chi connectivity index (χ2v) is 4.54. The minimum absolute atomic E-state index is 0.116. The van der Waals surface area contributed by atoms with Crippen molar-refractivity contribution in [2.75, 3.05) is 5.32 Å². The second kappa shape index (κ2) is 5.16. The monoisotopic (exact) mass is 283 g/mol. The van der Waals surface area contributed by atoms with Gasteiger partial charge in [0.05, 0.1) is 0 Å². The molecular weight excluding hydrogens is 270 g/mol. The van der Waals surface area contributed by atoms with Gasteiger partial charge in [0.2, 0.25) is 5.82 Å². The molecule has 0 unspecified atom stereocenters. The van der Waals surface area contributed by atoms with Crippen LogP contribution >= 0.6 is 0 Å². The van der Waals surface area contributed by atoms with Crippen LogP contribution in [0.15, 0.2) is 30.6 Å². The Kier molecular flexibility index (Phi) is 3.19. The molecule has 0 atom stereocenters. The van der Waals surface area contributed by atoms with Crippen LogP contribution in [-0.4, -0.2) is 35.9 Å². The summed E-state index contributed by atoms with van der Waals surface area (Å²) in [6.45, 7) is 1.74. The van der Waals surface area contributed by atoms with Gasteiger partial charge in [-0.1, -0.05) is 0 Å². The third kappa shape index (κ3) is 2.64. The van der Waals surface area contributed by atoms with Crippen molar-refractivity contribution in [3.05, 3.63) is 42.2 Å². The highest BCUT2D eigenvalue weighted by molar-refractivity contribution is 6.01. The van der Waals surface area contributed by atoms with Crippen LogP contribution in [0.25, 0.3) is 11.4 Å². The summed E-state index contributed by atoms with van der Waals surface area (Å²) < 4.78 is 1.82. The van der Waals surface area contributed by atoms with Crippen molar-refractivity contribution in [2.24, 2.45) is 7.05 Å². The highest BCUT2D eigenvalue weighted by atomic mass is 16.2. The Morgan fingerprint density at radius 2 is 2.05 bits per heavy atom. The number of carbonyl (C=O) groups excluding carboxylic acids is 1. The van der Waals surface area contributed by atoms with Crippen molar-refractivity contribution in [3.63, 3.8) is 0 Å². The van der Waals surface area contributed by atoms with Gasteiger partial charge in [0.25, 0.3) is 5.91 Å². The molecule has 3 aromatic rings. The lowest BCUT2D eigenvalue weighted by Gasteiger charge is -2.04. The third-order valence-corrected chi connectivity index (χ3v) is 2.91. The van der Waals surface area contributed by atoms with Gasteiger partial charge in [0.15, 0.2) is 5.82 Å². The highest BCUT2D eigenvalue weighted by Gasteiger charge is 2.11. The van der Waals surface area contributed by atoms with Gasteiger partial charge in [-0.15, -0.1) is 15.3 Å². The first-order chi connectivity index (χ1) is 10.1. The molecule has 2 aromatic heterocycles. The minimum atomic E-state index is -0.356. The van der Waals surface area contributed by atoms with E-state index in [1.54, 1.807) is 25.4 Å². The summed E-state index contributed by atoms with van der Waals surface area (Å²) in [7, 11) is 1.87. The minimum Gasteiger partial charge on any atom is -0.319 e. The maximum atomic E-state index is 11.9. The SMILES string of the molecule is Cc1nc(C(=O)Nc2ccc(-c3nncn3C)cc2)n[nH]1. The van der Waals surface area contributed by atoms with Crippen LogP contribution in [0.5, 0.6) is 0 Å². The summed E-state index contributed by atoms with van der Waals surface area (Å²) in [6, 6.07) is 7.31. The van der Waals surface area contributed by atoms with E-state index in [9.17, 15) is 4.79 Å². The van der Waals surface area contributed by atoms with Crippen molar-refractivity contribution >= 4 is 11.6 Å². The Morgan fingerprint density at radius 3 is 2.62 bits per heavy atom. The molecule has 2 N–H and O–H groups in total. The van der Waals surface area contributed by atoms with Crippen LogP contribution in [0.2, 0.25) is 0 Å². The number of H-pyrrole nitrogens is 1. The average Bonchev–Trinajstić information content (AvgIpc) is 3.08. The Balaban J connectivity index is 1.76. The van der Waals surface area contributed by atoms with Crippen LogP contribution in [0.4, 0.5) is 5.69 Å². The number of aromatic amines is 1. The largest absolute Gasteiger partial charge is 0.319 e. The van der Waals surface area contributed by atoms with Crippen molar-refractivity contribution < 1.29 is 4.79 Å². The van der Waals surface area contributed by atoms with E-state index in [2.05, 4.69) is 30.7 Å². The number of anilines is 1. The standard InChI is InChI=1S/C13H13N7O/c1-8-15-11(18-17-8)13(21)16-10-5-3-9(4-6-10)12-19-14-7-20(12)2/h3-7H,1-2H3,(H,16,21)(H,15,17,18). The summed E-state index contributed by atoms with van der Waals surface area (Å²) >= 11 is 0. The fourth-order valence-electron chi connectivity index (χ4n) is 1.88. The predicted molar refractivity (Wildman–Crippen MR) is 75.5 cm³/mol. The van der Waals surface area contributed by atoms with Crippen molar-refractivity contribution in [1.82, 2.24) is 29.9 Å². The first-order valence-electron chi connectivity index (χ1n) is 6.28. The number of hydrogen-bond donors (Lipinski definition) is 2. The maximum absolute atomic E-state index is 11.9. The molecule has 0 fully saturated rings. The first-order valence-corrected chi connectivity index (χ1v) is 6.28. The molecule has 0 aliphatic carbocycles. The number of nitrogens with one attached hydrogen (secondary N) is 2. The molecule has 8 nitrogen and oxygen atoms in total. The third-order valence-electron chi connectivity index (χ3n) is 2.91. The molecule has 0 aliphatic rings. The molecular formula is C13H13N7O. The van der Waals surface area contributed by atoms with Crippen LogP contribution in [0.3, 0.4) is 0 Å². The Labute approximate surface area is 120 Å². The molecule has 21 heavy (non-hydrogen) atoms. The number of aryl methyl sites for hydroxylation is 2. The zero-order chi connectivity index (χ0) is 14.8. The summed E-state index contributed by atoms with van der Waals surface area (Å²) in [6.07, 6.45) is 1.64. The van der Waals surface area contributed by atoms with Gasteiger partial charge in [0.1, 0.15) is 12.2 Å². The number of carbonyl (C=O) groups is 1. The van der Waals surface area contributed by atoms with E-state index in [0.717, 1.165) is 11.4 Å². The van der Waals surface area contributed by atoms with Gasteiger partial charge in [-0.05, 0) is 31.2 Å². The summed E-state index contributed by atoms with van der Waals surface area (Å²) in [4.78, 5) is 15.9. The van der Waals surface area contributed by atoms with Crippen LogP contribution in [0.1, 0.15) is 16.4 Å². The molecule has 1 amide bonds. The van der Waals surface area contributed by atoms with Gasteiger partial charge >= 0.3 is 0 Å². The maximum Gasteiger partial charge on any atom is 0.295 e. The molecule has 3 rings (SSSR count). The number of hydrogen-bond acceptors (Lipinski definition) is 5. The number of rotatable bonds is 3. The number of amides is 1. The second-order valence-electron chi connectivity index (χ2n) is 4.54. The lowest BCUT2D eigenvalue weighted by Crippen LogP contribution is -2.13. The molecule has 0 radical (unpaired) electrons. The van der Waals surface area contributed by atoms with E-state index >= 15 is 0 Å². The molecule has 106 valence electrons. The van der Waals surface area contributed by atoms with Crippen molar-refractivity contribution in [3.8, 4) is 11.4 Å². The highest BCUT2D eigenvalue weighted by Crippen LogP contribution is 2.18. The van der Waals surface area contributed by atoms with Crippen LogP contribution in [0, 0.1) is 6.92 Å². The fourth-order valence-corrected chi connectivity index (χ4v) is 1.88. The topological polar surface area (TPSA) is 101 Å². The van der Waals surface area contributed by atoms with Crippen LogP contribution < -0.4 is 5.32 Å². The van der Waals surface area contributed by atoms with E-state index in [1.807, 2.05) is 23.7 Å². The smallest absolute Gasteiger partial charge is 0.295 e. The van der Waals surface area contributed by atoms with Gasteiger partial charge in [-0.3, -0.25) is 9.89 Å². The quantitative estimate of drug-likeness (QED) is 0.751. The number of aromatic nitrogens is 6. The summed E-state index contributed by atoms with van der Waals surface area (Å²) in [5, 5.41) is 17.0. The zero-order valence-electron chi connectivity index (χ0n) is 11.5. The van der Waals surface area contributed by atoms with Crippen molar-refractivity contribution in [2.45, 2.75) is 6.92 Å². The molecule has 2 heterocycles. The normalized spacial score (nSPS) is 10.6. The number of nitrogens with zero attached hydrogens (tertiary/aromatic N) is 5. The first kappa shape index (κ1) is 13.0. The number of benzene rings is 1. The zero-order valence-corrected chi connectivity index (χ0v) is 11.5. The van der Waals surface area contributed by atoms with Gasteiger partial charge in [-0.25, -0.2) is 4.98 Å². The lowest BCUT2D eigenvalue weighted by molar-refractivity contribution is 0.101. The van der Waals surface area contributed by atoms with Crippen molar-refractivity contribution in [1.29, 1.82) is 0 Å². The Bertz CT molecular complexity index is 772. The predicted octanol–water partition coefficient (Wildman–Crippen LogP) is 1.16. The average molecular weight is 283 g/mol. The van der Waals surface area contributed by atoms with Gasteiger partial charge < -0.3 is 9.88 Å². The van der Waals surface area contributed by atoms with E-state index < -0.39 is 0 Å². The van der Waals surface area contributed by atoms with E-state index in [1.165, 1.54) is 0 Å². The molecule has 8 heteroatoms. The molecule has 0 bridgehead atoms. The molecule has 0 saturated carbocycles. The fraction of sp³-hybridized carbons (Fsp3) is 0.154. The Morgan fingerprint density at radius 1 is 1.29 bits per heavy atom. The molecule has 1 aromatic carbocycles. The summed E-state index contributed by atoms with van der Waals surface area (Å²) in [5.74, 6) is 1.12. The van der Waals surface area contributed by atoms with E-state index in [0.29, 0.717) is 11.5 Å². The van der Waals surface area contributed by atoms with Gasteiger partial charge in [-0.2, -0.15) is 0 Å². The van der Waals surface area contributed by atoms with E-state index in [-0.39, 0.29) is 11.7 Å². The van der Waals surface area contributed by atoms with Gasteiger partial charge in [0, 0.05) is 18.3 Å². The summed E-state index contributed by atoms with van der Waals surface area (Å²) in [5.41, 5.74) is 1.58. The molecule has 0 saturated heterocycles. The Hall–Kier alpha value is -3.03. The van der Waals surface area contributed by atoms with E-state index in [4.69, 9.17) is 0 Å². The molecule has 0 spiro atoms.